The molecule has 0 bridgehead atoms. The lowest BCUT2D eigenvalue weighted by molar-refractivity contribution is 0.0600. The van der Waals surface area contributed by atoms with Crippen molar-refractivity contribution in [2.75, 3.05) is 20.2 Å². The van der Waals surface area contributed by atoms with Crippen molar-refractivity contribution in [3.63, 3.8) is 0 Å². The summed E-state index contributed by atoms with van der Waals surface area (Å²) in [7, 11) is 1.37. The highest BCUT2D eigenvalue weighted by molar-refractivity contribution is 14.0. The fourth-order valence-corrected chi connectivity index (χ4v) is 1.55. The van der Waals surface area contributed by atoms with E-state index in [4.69, 9.17) is 5.73 Å². The maximum atomic E-state index is 11.3. The largest absolute Gasteiger partial charge is 0.465 e. The van der Waals surface area contributed by atoms with Gasteiger partial charge in [-0.15, -0.1) is 24.0 Å². The van der Waals surface area contributed by atoms with Crippen LogP contribution in [0.15, 0.2) is 29.3 Å². The molecule has 0 saturated carbocycles. The monoisotopic (exact) mass is 391 g/mol. The Morgan fingerprint density at radius 1 is 1.35 bits per heavy atom. The smallest absolute Gasteiger partial charge is 0.337 e. The van der Waals surface area contributed by atoms with Gasteiger partial charge in [-0.2, -0.15) is 0 Å². The van der Waals surface area contributed by atoms with Crippen molar-refractivity contribution in [3.05, 3.63) is 35.4 Å². The number of nitrogens with two attached hydrogens (primary N) is 1. The molecule has 0 aliphatic carbocycles. The summed E-state index contributed by atoms with van der Waals surface area (Å²) in [6, 6.07) is 7.34. The Bertz CT molecular complexity index is 433. The van der Waals surface area contributed by atoms with Gasteiger partial charge in [-0.25, -0.2) is 4.79 Å². The van der Waals surface area contributed by atoms with Crippen molar-refractivity contribution >= 4 is 35.9 Å². The molecule has 0 aliphatic rings. The molecule has 6 heteroatoms. The third-order valence-electron chi connectivity index (χ3n) is 2.60. The van der Waals surface area contributed by atoms with Crippen LogP contribution in [0.25, 0.3) is 0 Å². The minimum Gasteiger partial charge on any atom is -0.465 e. The number of hydrogen-bond acceptors (Lipinski definition) is 3. The van der Waals surface area contributed by atoms with E-state index in [0.29, 0.717) is 11.5 Å². The summed E-state index contributed by atoms with van der Waals surface area (Å²) >= 11 is 0. The zero-order valence-electron chi connectivity index (χ0n) is 11.9. The minimum absolute atomic E-state index is 0. The van der Waals surface area contributed by atoms with Crippen LogP contribution in [0.1, 0.15) is 29.3 Å². The highest BCUT2D eigenvalue weighted by Gasteiger charge is 2.03. The zero-order chi connectivity index (χ0) is 14.1. The summed E-state index contributed by atoms with van der Waals surface area (Å²) in [4.78, 5) is 15.4. The molecule has 0 unspecified atom stereocenters. The first-order valence-corrected chi connectivity index (χ1v) is 6.38. The first kappa shape index (κ1) is 18.7. The molecule has 0 amide bonds. The second-order valence-corrected chi connectivity index (χ2v) is 4.13. The number of ether oxygens (including phenoxy) is 1. The molecule has 3 N–H and O–H groups in total. The highest BCUT2D eigenvalue weighted by Crippen LogP contribution is 2.05. The van der Waals surface area contributed by atoms with Crippen LogP contribution >= 0.6 is 24.0 Å². The zero-order valence-corrected chi connectivity index (χ0v) is 14.2. The molecule has 5 nitrogen and oxygen atoms in total. The molecular formula is C14H22IN3O2. The van der Waals surface area contributed by atoms with Crippen LogP contribution in [0.2, 0.25) is 0 Å². The predicted molar refractivity (Wildman–Crippen MR) is 91.7 cm³/mol. The molecule has 0 atom stereocenters. The molecule has 0 aromatic heterocycles. The van der Waals surface area contributed by atoms with Gasteiger partial charge in [-0.1, -0.05) is 19.1 Å². The number of guanidine groups is 1. The van der Waals surface area contributed by atoms with E-state index in [9.17, 15) is 4.79 Å². The Morgan fingerprint density at radius 3 is 2.55 bits per heavy atom. The lowest BCUT2D eigenvalue weighted by Crippen LogP contribution is -2.33. The Kier molecular flexibility index (Phi) is 9.79. The number of aliphatic imine (C=N–C) groups is 1. The van der Waals surface area contributed by atoms with Crippen molar-refractivity contribution in [2.24, 2.45) is 10.7 Å². The Morgan fingerprint density at radius 2 is 2.00 bits per heavy atom. The first-order valence-electron chi connectivity index (χ1n) is 6.38. The van der Waals surface area contributed by atoms with E-state index in [1.54, 1.807) is 12.1 Å². The lowest BCUT2D eigenvalue weighted by Gasteiger charge is -2.06. The number of esters is 1. The van der Waals surface area contributed by atoms with Crippen LogP contribution in [-0.2, 0) is 11.2 Å². The lowest BCUT2D eigenvalue weighted by atomic mass is 10.1. The fraction of sp³-hybridized carbons (Fsp3) is 0.429. The SMILES string of the molecule is CCCN=C(N)NCCc1ccc(C(=O)OC)cc1.I. The van der Waals surface area contributed by atoms with E-state index in [1.165, 1.54) is 7.11 Å². The predicted octanol–water partition coefficient (Wildman–Crippen LogP) is 1.95. The van der Waals surface area contributed by atoms with Gasteiger partial charge >= 0.3 is 5.97 Å². The molecular weight excluding hydrogens is 369 g/mol. The Labute approximate surface area is 137 Å². The number of hydrogen-bond donors (Lipinski definition) is 2. The average Bonchev–Trinajstić information content (AvgIpc) is 2.45. The summed E-state index contributed by atoms with van der Waals surface area (Å²) in [6.45, 7) is 3.52. The topological polar surface area (TPSA) is 76.7 Å². The van der Waals surface area contributed by atoms with E-state index >= 15 is 0 Å². The molecule has 0 saturated heterocycles. The van der Waals surface area contributed by atoms with Crippen molar-refractivity contribution in [2.45, 2.75) is 19.8 Å². The first-order chi connectivity index (χ1) is 9.17. The Hall–Kier alpha value is -1.31. The van der Waals surface area contributed by atoms with Gasteiger partial charge in [0.1, 0.15) is 0 Å². The number of nitrogens with zero attached hydrogens (tertiary/aromatic N) is 1. The number of carbonyl (C=O) groups is 1. The number of nitrogens with one attached hydrogen (secondary N) is 1. The van der Waals surface area contributed by atoms with Gasteiger partial charge in [-0.3, -0.25) is 4.99 Å². The molecule has 1 aromatic carbocycles. The van der Waals surface area contributed by atoms with Gasteiger partial charge in [0.15, 0.2) is 5.96 Å². The van der Waals surface area contributed by atoms with Crippen LogP contribution in [0, 0.1) is 0 Å². The number of rotatable bonds is 6. The molecule has 0 radical (unpaired) electrons. The van der Waals surface area contributed by atoms with Gasteiger partial charge < -0.3 is 15.8 Å². The summed E-state index contributed by atoms with van der Waals surface area (Å²) in [6.07, 6.45) is 1.81. The van der Waals surface area contributed by atoms with E-state index in [2.05, 4.69) is 22.0 Å². The second-order valence-electron chi connectivity index (χ2n) is 4.13. The van der Waals surface area contributed by atoms with Crippen molar-refractivity contribution in [1.29, 1.82) is 0 Å². The van der Waals surface area contributed by atoms with Crippen molar-refractivity contribution in [3.8, 4) is 0 Å². The van der Waals surface area contributed by atoms with Gasteiger partial charge in [0.25, 0.3) is 0 Å². The van der Waals surface area contributed by atoms with E-state index in [-0.39, 0.29) is 29.9 Å². The van der Waals surface area contributed by atoms with Crippen LogP contribution < -0.4 is 11.1 Å². The number of carbonyl (C=O) groups excluding carboxylic acids is 1. The third-order valence-corrected chi connectivity index (χ3v) is 2.60. The third kappa shape index (κ3) is 6.74. The molecule has 1 aromatic rings. The molecule has 20 heavy (non-hydrogen) atoms. The molecule has 0 fully saturated rings. The minimum atomic E-state index is -0.319. The van der Waals surface area contributed by atoms with Crippen LogP contribution in [0.3, 0.4) is 0 Å². The summed E-state index contributed by atoms with van der Waals surface area (Å²) in [5.74, 6) is 0.161. The number of halogens is 1. The summed E-state index contributed by atoms with van der Waals surface area (Å²) in [5, 5.41) is 3.05. The second kappa shape index (κ2) is 10.5. The normalized spacial score (nSPS) is 10.6. The summed E-state index contributed by atoms with van der Waals surface area (Å²) < 4.78 is 4.64. The average molecular weight is 391 g/mol. The van der Waals surface area contributed by atoms with Gasteiger partial charge in [0, 0.05) is 13.1 Å². The molecule has 0 heterocycles. The maximum absolute atomic E-state index is 11.3. The van der Waals surface area contributed by atoms with E-state index < -0.39 is 0 Å². The van der Waals surface area contributed by atoms with Crippen LogP contribution in [-0.4, -0.2) is 32.1 Å². The van der Waals surface area contributed by atoms with Gasteiger partial charge in [0.05, 0.1) is 12.7 Å². The van der Waals surface area contributed by atoms with E-state index in [1.807, 2.05) is 12.1 Å². The van der Waals surface area contributed by atoms with E-state index in [0.717, 1.165) is 31.5 Å². The maximum Gasteiger partial charge on any atom is 0.337 e. The Balaban J connectivity index is 0.00000361. The van der Waals surface area contributed by atoms with Crippen molar-refractivity contribution < 1.29 is 9.53 Å². The number of methoxy groups -OCH3 is 1. The molecule has 112 valence electrons. The van der Waals surface area contributed by atoms with Crippen LogP contribution in [0.4, 0.5) is 0 Å². The van der Waals surface area contributed by atoms with Crippen LogP contribution in [0.5, 0.6) is 0 Å². The van der Waals surface area contributed by atoms with Crippen molar-refractivity contribution in [1.82, 2.24) is 5.32 Å². The van der Waals surface area contributed by atoms with Gasteiger partial charge in [0.2, 0.25) is 0 Å². The molecule has 0 aliphatic heterocycles. The van der Waals surface area contributed by atoms with Gasteiger partial charge in [-0.05, 0) is 30.5 Å². The summed E-state index contributed by atoms with van der Waals surface area (Å²) in [5.41, 5.74) is 7.37. The highest BCUT2D eigenvalue weighted by atomic mass is 127. The fourth-order valence-electron chi connectivity index (χ4n) is 1.55. The molecule has 1 rings (SSSR count). The number of benzene rings is 1. The quantitative estimate of drug-likeness (QED) is 0.336. The standard InChI is InChI=1S/C14H21N3O2.HI/c1-3-9-16-14(15)17-10-8-11-4-6-12(7-5-11)13(18)19-2;/h4-7H,3,8-10H2,1-2H3,(H3,15,16,17);1H. The molecule has 0 spiro atoms.